The van der Waals surface area contributed by atoms with Crippen LogP contribution in [-0.4, -0.2) is 35.3 Å². The molecule has 0 aliphatic carbocycles. The third-order valence-corrected chi connectivity index (χ3v) is 4.84. The minimum absolute atomic E-state index is 0.00430. The minimum Gasteiger partial charge on any atom is -0.315 e. The van der Waals surface area contributed by atoms with E-state index in [0.29, 0.717) is 0 Å². The maximum absolute atomic E-state index is 13.1. The average molecular weight is 296 g/mol. The van der Waals surface area contributed by atoms with Crippen LogP contribution in [0.5, 0.6) is 0 Å². The number of para-hydroxylation sites is 1. The van der Waals surface area contributed by atoms with Gasteiger partial charge < -0.3 is 10.2 Å². The predicted molar refractivity (Wildman–Crippen MR) is 84.8 cm³/mol. The van der Waals surface area contributed by atoms with Crippen LogP contribution in [0.3, 0.4) is 0 Å². The summed E-state index contributed by atoms with van der Waals surface area (Å²) in [5, 5.41) is 7.63. The van der Waals surface area contributed by atoms with E-state index in [2.05, 4.69) is 22.5 Å². The van der Waals surface area contributed by atoms with Gasteiger partial charge >= 0.3 is 0 Å². The first-order chi connectivity index (χ1) is 10.7. The lowest BCUT2D eigenvalue weighted by Crippen LogP contribution is -2.37. The second kappa shape index (κ2) is 5.25. The highest BCUT2D eigenvalue weighted by Gasteiger charge is 2.38. The molecule has 2 aromatic rings. The lowest BCUT2D eigenvalue weighted by atomic mass is 9.90. The molecule has 2 aliphatic rings. The van der Waals surface area contributed by atoms with Gasteiger partial charge in [0.05, 0.1) is 12.1 Å². The molecule has 1 aromatic carbocycles. The number of fused-ring (bicyclic) bond motifs is 1. The molecule has 2 aliphatic heterocycles. The van der Waals surface area contributed by atoms with Gasteiger partial charge in [0.2, 0.25) is 5.91 Å². The Morgan fingerprint density at radius 2 is 2.18 bits per heavy atom. The highest BCUT2D eigenvalue weighted by molar-refractivity contribution is 5.97. The summed E-state index contributed by atoms with van der Waals surface area (Å²) < 4.78 is 1.81. The maximum Gasteiger partial charge on any atom is 0.232 e. The Balaban J connectivity index is 1.60. The molecule has 114 valence electrons. The summed E-state index contributed by atoms with van der Waals surface area (Å²) in [6.45, 7) is 2.39. The van der Waals surface area contributed by atoms with Crippen molar-refractivity contribution in [3.63, 3.8) is 0 Å². The van der Waals surface area contributed by atoms with E-state index in [4.69, 9.17) is 0 Å². The SMILES string of the molecule is Cn1cc([C@H]2CNC[C@@H]2C(=O)N2CCc3ccccc32)cn1. The van der Waals surface area contributed by atoms with Gasteiger partial charge in [0.25, 0.3) is 0 Å². The standard InChI is InChI=1S/C17H20N4O/c1-20-11-13(8-19-20)14-9-18-10-15(14)17(22)21-7-6-12-4-2-3-5-16(12)21/h2-5,8,11,14-15,18H,6-7,9-10H2,1H3/t14-,15+/m1/s1. The monoisotopic (exact) mass is 296 g/mol. The number of carbonyl (C=O) groups is 1. The van der Waals surface area contributed by atoms with E-state index in [1.807, 2.05) is 36.5 Å². The third-order valence-electron chi connectivity index (χ3n) is 4.84. The Kier molecular flexibility index (Phi) is 3.22. The van der Waals surface area contributed by atoms with E-state index in [1.165, 1.54) is 5.56 Å². The largest absolute Gasteiger partial charge is 0.315 e. The minimum atomic E-state index is -0.00430. The van der Waals surface area contributed by atoms with Crippen LogP contribution in [0.15, 0.2) is 36.7 Å². The van der Waals surface area contributed by atoms with Crippen LogP contribution < -0.4 is 10.2 Å². The van der Waals surface area contributed by atoms with Crippen molar-refractivity contribution in [2.24, 2.45) is 13.0 Å². The highest BCUT2D eigenvalue weighted by Crippen LogP contribution is 2.34. The molecule has 1 aromatic heterocycles. The first kappa shape index (κ1) is 13.5. The highest BCUT2D eigenvalue weighted by atomic mass is 16.2. The van der Waals surface area contributed by atoms with Gasteiger partial charge in [-0.25, -0.2) is 0 Å². The average Bonchev–Trinajstić information content (AvgIpc) is 3.25. The molecule has 2 atom stereocenters. The molecule has 3 heterocycles. The van der Waals surface area contributed by atoms with E-state index in [1.54, 1.807) is 4.68 Å². The van der Waals surface area contributed by atoms with Gasteiger partial charge in [-0.05, 0) is 23.6 Å². The van der Waals surface area contributed by atoms with Gasteiger partial charge in [-0.2, -0.15) is 5.10 Å². The Labute approximate surface area is 129 Å². The van der Waals surface area contributed by atoms with Crippen LogP contribution in [-0.2, 0) is 18.3 Å². The molecule has 4 rings (SSSR count). The van der Waals surface area contributed by atoms with Gasteiger partial charge in [0.15, 0.2) is 0 Å². The van der Waals surface area contributed by atoms with Crippen LogP contribution in [0.25, 0.3) is 0 Å². The molecule has 5 heteroatoms. The summed E-state index contributed by atoms with van der Waals surface area (Å²) in [6.07, 6.45) is 4.87. The molecule has 22 heavy (non-hydrogen) atoms. The van der Waals surface area contributed by atoms with Gasteiger partial charge in [0.1, 0.15) is 0 Å². The lowest BCUT2D eigenvalue weighted by Gasteiger charge is -2.24. The van der Waals surface area contributed by atoms with Gasteiger partial charge in [-0.3, -0.25) is 9.48 Å². The Hall–Kier alpha value is -2.14. The summed E-state index contributed by atoms with van der Waals surface area (Å²) in [6, 6.07) is 8.23. The molecular formula is C17H20N4O. The van der Waals surface area contributed by atoms with Crippen molar-refractivity contribution in [1.29, 1.82) is 0 Å². The molecule has 5 nitrogen and oxygen atoms in total. The number of amides is 1. The molecule has 0 spiro atoms. The first-order valence-corrected chi connectivity index (χ1v) is 7.82. The molecule has 0 radical (unpaired) electrons. The van der Waals surface area contributed by atoms with Gasteiger partial charge in [-0.1, -0.05) is 18.2 Å². The van der Waals surface area contributed by atoms with Crippen LogP contribution in [0.2, 0.25) is 0 Å². The number of nitrogens with one attached hydrogen (secondary N) is 1. The number of carbonyl (C=O) groups excluding carboxylic acids is 1. The molecule has 0 saturated carbocycles. The third kappa shape index (κ3) is 2.13. The van der Waals surface area contributed by atoms with Crippen LogP contribution in [0, 0.1) is 5.92 Å². The van der Waals surface area contributed by atoms with Crippen molar-refractivity contribution in [3.05, 3.63) is 47.8 Å². The second-order valence-electron chi connectivity index (χ2n) is 6.19. The molecule has 1 fully saturated rings. The lowest BCUT2D eigenvalue weighted by molar-refractivity contribution is -0.122. The second-order valence-corrected chi connectivity index (χ2v) is 6.19. The predicted octanol–water partition coefficient (Wildman–Crippen LogP) is 1.31. The molecule has 0 bridgehead atoms. The number of hydrogen-bond acceptors (Lipinski definition) is 3. The smallest absolute Gasteiger partial charge is 0.232 e. The van der Waals surface area contributed by atoms with E-state index in [9.17, 15) is 4.79 Å². The summed E-state index contributed by atoms with van der Waals surface area (Å²) >= 11 is 0. The topological polar surface area (TPSA) is 50.2 Å². The van der Waals surface area contributed by atoms with E-state index < -0.39 is 0 Å². The number of aryl methyl sites for hydroxylation is 1. The van der Waals surface area contributed by atoms with Crippen molar-refractivity contribution >= 4 is 11.6 Å². The Morgan fingerprint density at radius 3 is 3.00 bits per heavy atom. The normalized spacial score (nSPS) is 23.8. The van der Waals surface area contributed by atoms with E-state index in [-0.39, 0.29) is 17.7 Å². The number of nitrogens with zero attached hydrogens (tertiary/aromatic N) is 3. The van der Waals surface area contributed by atoms with Crippen molar-refractivity contribution in [2.75, 3.05) is 24.5 Å². The van der Waals surface area contributed by atoms with Crippen molar-refractivity contribution in [2.45, 2.75) is 12.3 Å². The number of hydrogen-bond donors (Lipinski definition) is 1. The molecule has 0 unspecified atom stereocenters. The molecule has 1 N–H and O–H groups in total. The quantitative estimate of drug-likeness (QED) is 0.909. The van der Waals surface area contributed by atoms with Crippen molar-refractivity contribution in [1.82, 2.24) is 15.1 Å². The zero-order valence-electron chi connectivity index (χ0n) is 12.7. The Morgan fingerprint density at radius 1 is 1.32 bits per heavy atom. The molecule has 1 amide bonds. The van der Waals surface area contributed by atoms with Gasteiger partial charge in [0, 0.05) is 44.5 Å². The maximum atomic E-state index is 13.1. The van der Waals surface area contributed by atoms with E-state index in [0.717, 1.165) is 37.3 Å². The number of aromatic nitrogens is 2. The van der Waals surface area contributed by atoms with E-state index >= 15 is 0 Å². The summed E-state index contributed by atoms with van der Waals surface area (Å²) in [5.41, 5.74) is 3.52. The fourth-order valence-corrected chi connectivity index (χ4v) is 3.69. The first-order valence-electron chi connectivity index (χ1n) is 7.82. The van der Waals surface area contributed by atoms with Crippen molar-refractivity contribution < 1.29 is 4.79 Å². The summed E-state index contributed by atoms with van der Waals surface area (Å²) in [4.78, 5) is 15.0. The summed E-state index contributed by atoms with van der Waals surface area (Å²) in [7, 11) is 1.92. The van der Waals surface area contributed by atoms with Crippen molar-refractivity contribution in [3.8, 4) is 0 Å². The zero-order chi connectivity index (χ0) is 15.1. The number of benzene rings is 1. The zero-order valence-corrected chi connectivity index (χ0v) is 12.7. The van der Waals surface area contributed by atoms with Crippen LogP contribution in [0.1, 0.15) is 17.0 Å². The number of anilines is 1. The van der Waals surface area contributed by atoms with Gasteiger partial charge in [-0.15, -0.1) is 0 Å². The fourth-order valence-electron chi connectivity index (χ4n) is 3.69. The molecule has 1 saturated heterocycles. The van der Waals surface area contributed by atoms with Crippen LogP contribution in [0.4, 0.5) is 5.69 Å². The van der Waals surface area contributed by atoms with Crippen LogP contribution >= 0.6 is 0 Å². The number of rotatable bonds is 2. The summed E-state index contributed by atoms with van der Waals surface area (Å²) in [5.74, 6) is 0.452. The Bertz CT molecular complexity index is 708. The molecular weight excluding hydrogens is 276 g/mol. The fraction of sp³-hybridized carbons (Fsp3) is 0.412.